The SMILES string of the molecule is CCNc1nc(Nc2ccc(CC)cc2)nc(OCC)n1. The normalized spacial score (nSPS) is 10.2. The highest BCUT2D eigenvalue weighted by molar-refractivity contribution is 5.54. The summed E-state index contributed by atoms with van der Waals surface area (Å²) >= 11 is 0. The number of hydrogen-bond donors (Lipinski definition) is 2. The van der Waals surface area contributed by atoms with Crippen molar-refractivity contribution in [3.63, 3.8) is 0 Å². The number of hydrogen-bond acceptors (Lipinski definition) is 6. The summed E-state index contributed by atoms with van der Waals surface area (Å²) in [5, 5.41) is 6.24. The maximum Gasteiger partial charge on any atom is 0.323 e. The summed E-state index contributed by atoms with van der Waals surface area (Å²) in [6, 6.07) is 8.50. The van der Waals surface area contributed by atoms with E-state index >= 15 is 0 Å². The fraction of sp³-hybridized carbons (Fsp3) is 0.400. The second-order valence-electron chi connectivity index (χ2n) is 4.40. The molecule has 0 aliphatic rings. The molecule has 0 atom stereocenters. The van der Waals surface area contributed by atoms with E-state index in [0.717, 1.165) is 18.7 Å². The lowest BCUT2D eigenvalue weighted by Gasteiger charge is -2.09. The maximum atomic E-state index is 5.37. The van der Waals surface area contributed by atoms with Crippen LogP contribution < -0.4 is 15.4 Å². The Balaban J connectivity index is 2.20. The van der Waals surface area contributed by atoms with Crippen LogP contribution in [0.15, 0.2) is 24.3 Å². The van der Waals surface area contributed by atoms with Gasteiger partial charge in [0.25, 0.3) is 0 Å². The molecule has 0 bridgehead atoms. The number of nitrogens with one attached hydrogen (secondary N) is 2. The van der Waals surface area contributed by atoms with Crippen molar-refractivity contribution in [2.75, 3.05) is 23.8 Å². The predicted octanol–water partition coefficient (Wildman–Crippen LogP) is 3.01. The van der Waals surface area contributed by atoms with Gasteiger partial charge in [-0.3, -0.25) is 0 Å². The number of anilines is 3. The molecule has 6 heteroatoms. The first-order valence-electron chi connectivity index (χ1n) is 7.23. The van der Waals surface area contributed by atoms with Crippen molar-refractivity contribution in [3.05, 3.63) is 29.8 Å². The molecule has 0 amide bonds. The van der Waals surface area contributed by atoms with Crippen LogP contribution in [0.25, 0.3) is 0 Å². The molecule has 2 rings (SSSR count). The highest BCUT2D eigenvalue weighted by Gasteiger charge is 2.07. The van der Waals surface area contributed by atoms with Crippen LogP contribution in [0.2, 0.25) is 0 Å². The van der Waals surface area contributed by atoms with Crippen molar-refractivity contribution >= 4 is 17.6 Å². The van der Waals surface area contributed by atoms with Gasteiger partial charge in [0.15, 0.2) is 0 Å². The van der Waals surface area contributed by atoms with Gasteiger partial charge in [0, 0.05) is 12.2 Å². The molecule has 2 N–H and O–H groups in total. The Bertz CT molecular complexity index is 547. The Morgan fingerprint density at radius 1 is 0.952 bits per heavy atom. The van der Waals surface area contributed by atoms with Crippen LogP contribution in [0.1, 0.15) is 26.3 Å². The van der Waals surface area contributed by atoms with Crippen LogP contribution in [0.3, 0.4) is 0 Å². The quantitative estimate of drug-likeness (QED) is 0.815. The topological polar surface area (TPSA) is 72.0 Å². The van der Waals surface area contributed by atoms with Gasteiger partial charge in [-0.1, -0.05) is 19.1 Å². The average molecular weight is 287 g/mol. The Hall–Kier alpha value is -2.37. The molecule has 6 nitrogen and oxygen atoms in total. The Labute approximate surface area is 125 Å². The highest BCUT2D eigenvalue weighted by Crippen LogP contribution is 2.17. The minimum Gasteiger partial charge on any atom is -0.464 e. The van der Waals surface area contributed by atoms with E-state index in [1.807, 2.05) is 26.0 Å². The minimum absolute atomic E-state index is 0.316. The van der Waals surface area contributed by atoms with Crippen molar-refractivity contribution in [2.45, 2.75) is 27.2 Å². The number of nitrogens with zero attached hydrogens (tertiary/aromatic N) is 3. The second kappa shape index (κ2) is 7.42. The first kappa shape index (κ1) is 15.0. The van der Waals surface area contributed by atoms with Crippen LogP contribution in [-0.2, 0) is 6.42 Å². The van der Waals surface area contributed by atoms with Gasteiger partial charge in [0.05, 0.1) is 6.61 Å². The second-order valence-corrected chi connectivity index (χ2v) is 4.40. The van der Waals surface area contributed by atoms with E-state index in [4.69, 9.17) is 4.74 Å². The molecule has 1 heterocycles. The summed E-state index contributed by atoms with van der Waals surface area (Å²) in [6.45, 7) is 7.26. The molecule has 0 radical (unpaired) electrons. The summed E-state index contributed by atoms with van der Waals surface area (Å²) in [5.74, 6) is 0.970. The largest absolute Gasteiger partial charge is 0.464 e. The lowest BCUT2D eigenvalue weighted by molar-refractivity contribution is 0.312. The van der Waals surface area contributed by atoms with Crippen LogP contribution in [0.4, 0.5) is 17.6 Å². The third-order valence-corrected chi connectivity index (χ3v) is 2.84. The van der Waals surface area contributed by atoms with Gasteiger partial charge < -0.3 is 15.4 Å². The van der Waals surface area contributed by atoms with E-state index in [0.29, 0.717) is 24.5 Å². The van der Waals surface area contributed by atoms with Crippen LogP contribution >= 0.6 is 0 Å². The summed E-state index contributed by atoms with van der Waals surface area (Å²) in [4.78, 5) is 12.8. The maximum absolute atomic E-state index is 5.37. The van der Waals surface area contributed by atoms with Gasteiger partial charge in [-0.05, 0) is 38.0 Å². The molecular weight excluding hydrogens is 266 g/mol. The summed E-state index contributed by atoms with van der Waals surface area (Å²) in [5.41, 5.74) is 2.22. The van der Waals surface area contributed by atoms with E-state index < -0.39 is 0 Å². The molecule has 0 aliphatic heterocycles. The van der Waals surface area contributed by atoms with Gasteiger partial charge in [0.2, 0.25) is 11.9 Å². The molecule has 1 aromatic carbocycles. The van der Waals surface area contributed by atoms with E-state index in [9.17, 15) is 0 Å². The van der Waals surface area contributed by atoms with Crippen molar-refractivity contribution in [1.82, 2.24) is 15.0 Å². The molecular formula is C15H21N5O. The van der Waals surface area contributed by atoms with Crippen molar-refractivity contribution in [1.29, 1.82) is 0 Å². The molecule has 0 aliphatic carbocycles. The lowest BCUT2D eigenvalue weighted by atomic mass is 10.1. The monoisotopic (exact) mass is 287 g/mol. The van der Waals surface area contributed by atoms with E-state index in [-0.39, 0.29) is 0 Å². The molecule has 0 unspecified atom stereocenters. The van der Waals surface area contributed by atoms with Gasteiger partial charge >= 0.3 is 6.01 Å². The number of aromatic nitrogens is 3. The predicted molar refractivity (Wildman–Crippen MR) is 84.3 cm³/mol. The van der Waals surface area contributed by atoms with Crippen molar-refractivity contribution < 1.29 is 4.74 Å². The summed E-state index contributed by atoms with van der Waals surface area (Å²) in [7, 11) is 0. The van der Waals surface area contributed by atoms with E-state index in [1.54, 1.807) is 0 Å². The third-order valence-electron chi connectivity index (χ3n) is 2.84. The zero-order chi connectivity index (χ0) is 15.1. The molecule has 0 spiro atoms. The molecule has 0 fully saturated rings. The fourth-order valence-corrected chi connectivity index (χ4v) is 1.80. The minimum atomic E-state index is 0.316. The highest BCUT2D eigenvalue weighted by atomic mass is 16.5. The van der Waals surface area contributed by atoms with E-state index in [2.05, 4.69) is 44.6 Å². The molecule has 21 heavy (non-hydrogen) atoms. The van der Waals surface area contributed by atoms with Crippen LogP contribution in [-0.4, -0.2) is 28.1 Å². The van der Waals surface area contributed by atoms with Crippen LogP contribution in [0, 0.1) is 0 Å². The molecule has 112 valence electrons. The van der Waals surface area contributed by atoms with Gasteiger partial charge in [-0.2, -0.15) is 15.0 Å². The Kier molecular flexibility index (Phi) is 5.31. The molecule has 0 saturated carbocycles. The summed E-state index contributed by atoms with van der Waals surface area (Å²) in [6.07, 6.45) is 1.02. The third kappa shape index (κ3) is 4.30. The van der Waals surface area contributed by atoms with Crippen molar-refractivity contribution in [3.8, 4) is 6.01 Å². The summed E-state index contributed by atoms with van der Waals surface area (Å²) < 4.78 is 5.37. The number of rotatable bonds is 7. The fourth-order valence-electron chi connectivity index (χ4n) is 1.80. The number of benzene rings is 1. The first-order valence-corrected chi connectivity index (χ1v) is 7.23. The standard InChI is InChI=1S/C15H21N5O/c1-4-11-7-9-12(10-8-11)17-14-18-13(16-5-2)19-15(20-14)21-6-3/h7-10H,4-6H2,1-3H3,(H2,16,17,18,19,20). The number of ether oxygens (including phenoxy) is 1. The molecule has 0 saturated heterocycles. The molecule has 1 aromatic heterocycles. The Morgan fingerprint density at radius 3 is 2.29 bits per heavy atom. The lowest BCUT2D eigenvalue weighted by Crippen LogP contribution is -2.09. The zero-order valence-corrected chi connectivity index (χ0v) is 12.7. The zero-order valence-electron chi connectivity index (χ0n) is 12.7. The smallest absolute Gasteiger partial charge is 0.323 e. The first-order chi connectivity index (χ1) is 10.2. The average Bonchev–Trinajstić information content (AvgIpc) is 2.48. The van der Waals surface area contributed by atoms with Gasteiger partial charge in [0.1, 0.15) is 0 Å². The number of aryl methyl sites for hydroxylation is 1. The Morgan fingerprint density at radius 2 is 1.67 bits per heavy atom. The van der Waals surface area contributed by atoms with Gasteiger partial charge in [-0.25, -0.2) is 0 Å². The van der Waals surface area contributed by atoms with E-state index in [1.165, 1.54) is 5.56 Å². The molecule has 2 aromatic rings. The van der Waals surface area contributed by atoms with Gasteiger partial charge in [-0.15, -0.1) is 0 Å². The van der Waals surface area contributed by atoms with Crippen LogP contribution in [0.5, 0.6) is 6.01 Å². The van der Waals surface area contributed by atoms with Crippen molar-refractivity contribution in [2.24, 2.45) is 0 Å².